The number of hydrogen-bond donors (Lipinski definition) is 2. The Hall–Kier alpha value is -2.60. The van der Waals surface area contributed by atoms with E-state index in [9.17, 15) is 13.2 Å². The van der Waals surface area contributed by atoms with Gasteiger partial charge in [0.05, 0.1) is 6.26 Å². The van der Waals surface area contributed by atoms with Gasteiger partial charge in [0, 0.05) is 17.8 Å². The molecule has 0 aromatic heterocycles. The molecule has 126 valence electrons. The van der Waals surface area contributed by atoms with Gasteiger partial charge in [-0.1, -0.05) is 42.0 Å². The molecule has 0 aliphatic heterocycles. The zero-order chi connectivity index (χ0) is 17.6. The summed E-state index contributed by atoms with van der Waals surface area (Å²) in [5, 5.41) is 2.76. The van der Waals surface area contributed by atoms with Gasteiger partial charge >= 0.3 is 0 Å². The van der Waals surface area contributed by atoms with E-state index in [0.717, 1.165) is 11.8 Å². The summed E-state index contributed by atoms with van der Waals surface area (Å²) in [7, 11) is -3.30. The fraction of sp³-hybridized carbons (Fsp3) is 0.167. The molecule has 5 nitrogen and oxygen atoms in total. The first-order chi connectivity index (χ1) is 11.3. The first-order valence-corrected chi connectivity index (χ1v) is 9.32. The molecule has 2 aromatic carbocycles. The van der Waals surface area contributed by atoms with Crippen molar-refractivity contribution < 1.29 is 13.2 Å². The van der Waals surface area contributed by atoms with Gasteiger partial charge in [-0.05, 0) is 36.8 Å². The zero-order valence-electron chi connectivity index (χ0n) is 13.6. The van der Waals surface area contributed by atoms with Crippen molar-refractivity contribution in [1.82, 2.24) is 0 Å². The van der Waals surface area contributed by atoms with Crippen LogP contribution in [0.4, 0.5) is 11.4 Å². The summed E-state index contributed by atoms with van der Waals surface area (Å²) < 4.78 is 24.6. The summed E-state index contributed by atoms with van der Waals surface area (Å²) in [6.45, 7) is 2.03. The predicted molar refractivity (Wildman–Crippen MR) is 98.4 cm³/mol. The molecular weight excluding hydrogens is 324 g/mol. The van der Waals surface area contributed by atoms with Crippen molar-refractivity contribution in [2.24, 2.45) is 0 Å². The van der Waals surface area contributed by atoms with Gasteiger partial charge in [-0.25, -0.2) is 8.42 Å². The molecule has 2 rings (SSSR count). The maximum atomic E-state index is 11.9. The lowest BCUT2D eigenvalue weighted by molar-refractivity contribution is -0.115. The fourth-order valence-electron chi connectivity index (χ4n) is 2.03. The molecule has 0 fully saturated rings. The van der Waals surface area contributed by atoms with E-state index in [0.29, 0.717) is 11.4 Å². The van der Waals surface area contributed by atoms with Gasteiger partial charge in [0.25, 0.3) is 0 Å². The molecule has 1 amide bonds. The number of sulfonamides is 1. The summed E-state index contributed by atoms with van der Waals surface area (Å²) in [4.78, 5) is 11.9. The Morgan fingerprint density at radius 3 is 2.17 bits per heavy atom. The summed E-state index contributed by atoms with van der Waals surface area (Å²) >= 11 is 0. The van der Waals surface area contributed by atoms with Gasteiger partial charge in [0.1, 0.15) is 0 Å². The first-order valence-electron chi connectivity index (χ1n) is 7.43. The van der Waals surface area contributed by atoms with Crippen LogP contribution in [0.1, 0.15) is 17.5 Å². The van der Waals surface area contributed by atoms with Gasteiger partial charge in [0.2, 0.25) is 15.9 Å². The minimum absolute atomic E-state index is 0.137. The second kappa shape index (κ2) is 7.79. The Labute approximate surface area is 142 Å². The molecular formula is C18H20N2O3S. The van der Waals surface area contributed by atoms with Crippen molar-refractivity contribution in [2.75, 3.05) is 16.3 Å². The topological polar surface area (TPSA) is 75.3 Å². The van der Waals surface area contributed by atoms with Crippen LogP contribution in [-0.4, -0.2) is 20.6 Å². The fourth-order valence-corrected chi connectivity index (χ4v) is 2.59. The minimum atomic E-state index is -3.30. The summed E-state index contributed by atoms with van der Waals surface area (Å²) in [5.74, 6) is -0.137. The SMILES string of the molecule is Cc1ccc(/C=C/CC(=O)Nc2ccc(NS(C)(=O)=O)cc2)cc1. The van der Waals surface area contributed by atoms with E-state index in [4.69, 9.17) is 0 Å². The van der Waals surface area contributed by atoms with Crippen molar-refractivity contribution in [1.29, 1.82) is 0 Å². The standard InChI is InChI=1S/C18H20N2O3S/c1-14-6-8-15(9-7-14)4-3-5-18(21)19-16-10-12-17(13-11-16)20-24(2,22)23/h3-4,6-13,20H,5H2,1-2H3,(H,19,21)/b4-3+. The van der Waals surface area contributed by atoms with Crippen LogP contribution >= 0.6 is 0 Å². The molecule has 0 saturated heterocycles. The third-order valence-corrected chi connectivity index (χ3v) is 3.77. The Bertz CT molecular complexity index is 824. The van der Waals surface area contributed by atoms with Crippen molar-refractivity contribution in [3.05, 3.63) is 65.7 Å². The molecule has 0 saturated carbocycles. The van der Waals surface area contributed by atoms with E-state index >= 15 is 0 Å². The third kappa shape index (κ3) is 6.26. The van der Waals surface area contributed by atoms with E-state index in [-0.39, 0.29) is 12.3 Å². The van der Waals surface area contributed by atoms with Crippen LogP contribution in [-0.2, 0) is 14.8 Å². The largest absolute Gasteiger partial charge is 0.326 e. The van der Waals surface area contributed by atoms with E-state index in [1.165, 1.54) is 5.56 Å². The van der Waals surface area contributed by atoms with Crippen LogP contribution in [0.25, 0.3) is 6.08 Å². The van der Waals surface area contributed by atoms with Crippen LogP contribution in [0.2, 0.25) is 0 Å². The van der Waals surface area contributed by atoms with Crippen LogP contribution in [0.3, 0.4) is 0 Å². The zero-order valence-corrected chi connectivity index (χ0v) is 14.4. The highest BCUT2D eigenvalue weighted by atomic mass is 32.2. The number of carbonyl (C=O) groups is 1. The van der Waals surface area contributed by atoms with E-state index in [2.05, 4.69) is 10.0 Å². The predicted octanol–water partition coefficient (Wildman–Crippen LogP) is 3.41. The maximum absolute atomic E-state index is 11.9. The highest BCUT2D eigenvalue weighted by molar-refractivity contribution is 7.92. The highest BCUT2D eigenvalue weighted by Crippen LogP contribution is 2.15. The summed E-state index contributed by atoms with van der Waals surface area (Å²) in [5.41, 5.74) is 3.31. The average molecular weight is 344 g/mol. The van der Waals surface area contributed by atoms with Crippen LogP contribution in [0.15, 0.2) is 54.6 Å². The highest BCUT2D eigenvalue weighted by Gasteiger charge is 2.03. The van der Waals surface area contributed by atoms with Crippen molar-refractivity contribution in [3.8, 4) is 0 Å². The van der Waals surface area contributed by atoms with Crippen molar-refractivity contribution in [3.63, 3.8) is 0 Å². The lowest BCUT2D eigenvalue weighted by atomic mass is 10.1. The Balaban J connectivity index is 1.87. The van der Waals surface area contributed by atoms with Crippen LogP contribution in [0.5, 0.6) is 0 Å². The monoisotopic (exact) mass is 344 g/mol. The Kier molecular flexibility index (Phi) is 5.76. The van der Waals surface area contributed by atoms with E-state index in [1.54, 1.807) is 30.3 Å². The molecule has 0 unspecified atom stereocenters. The van der Waals surface area contributed by atoms with Crippen molar-refractivity contribution >= 4 is 33.4 Å². The average Bonchev–Trinajstić information content (AvgIpc) is 2.50. The number of carbonyl (C=O) groups excluding carboxylic acids is 1. The Morgan fingerprint density at radius 1 is 1.00 bits per heavy atom. The minimum Gasteiger partial charge on any atom is -0.326 e. The van der Waals surface area contributed by atoms with Gasteiger partial charge in [-0.15, -0.1) is 0 Å². The first kappa shape index (κ1) is 17.7. The second-order valence-electron chi connectivity index (χ2n) is 5.52. The molecule has 0 radical (unpaired) electrons. The number of aryl methyl sites for hydroxylation is 1. The molecule has 0 atom stereocenters. The molecule has 24 heavy (non-hydrogen) atoms. The van der Waals surface area contributed by atoms with Gasteiger partial charge in [-0.3, -0.25) is 9.52 Å². The van der Waals surface area contributed by atoms with Gasteiger partial charge in [0.15, 0.2) is 0 Å². The number of amides is 1. The number of anilines is 2. The molecule has 0 spiro atoms. The quantitative estimate of drug-likeness (QED) is 0.843. The molecule has 6 heteroatoms. The van der Waals surface area contributed by atoms with Crippen LogP contribution in [0, 0.1) is 6.92 Å². The normalized spacial score (nSPS) is 11.4. The second-order valence-corrected chi connectivity index (χ2v) is 7.27. The lowest BCUT2D eigenvalue weighted by Gasteiger charge is -2.06. The molecule has 2 N–H and O–H groups in total. The lowest BCUT2D eigenvalue weighted by Crippen LogP contribution is -2.11. The molecule has 0 aliphatic rings. The molecule has 0 heterocycles. The smallest absolute Gasteiger partial charge is 0.229 e. The number of benzene rings is 2. The van der Waals surface area contributed by atoms with Gasteiger partial charge in [-0.2, -0.15) is 0 Å². The molecule has 0 bridgehead atoms. The number of hydrogen-bond acceptors (Lipinski definition) is 3. The van der Waals surface area contributed by atoms with Crippen molar-refractivity contribution in [2.45, 2.75) is 13.3 Å². The number of nitrogens with one attached hydrogen (secondary N) is 2. The summed E-state index contributed by atoms with van der Waals surface area (Å²) in [6.07, 6.45) is 5.05. The Morgan fingerprint density at radius 2 is 1.58 bits per heavy atom. The van der Waals surface area contributed by atoms with E-state index in [1.807, 2.05) is 37.3 Å². The molecule has 2 aromatic rings. The maximum Gasteiger partial charge on any atom is 0.229 e. The number of rotatable bonds is 6. The van der Waals surface area contributed by atoms with Crippen LogP contribution < -0.4 is 10.0 Å². The molecule has 0 aliphatic carbocycles. The third-order valence-electron chi connectivity index (χ3n) is 3.16. The van der Waals surface area contributed by atoms with Gasteiger partial charge < -0.3 is 5.32 Å². The summed E-state index contributed by atoms with van der Waals surface area (Å²) in [6, 6.07) is 14.5. The van der Waals surface area contributed by atoms with E-state index < -0.39 is 10.0 Å².